The van der Waals surface area contributed by atoms with Gasteiger partial charge < -0.3 is 29.9 Å². The van der Waals surface area contributed by atoms with Crippen molar-refractivity contribution >= 4 is 22.8 Å². The molecule has 2 aliphatic rings. The van der Waals surface area contributed by atoms with Gasteiger partial charge in [0.2, 0.25) is 5.88 Å². The van der Waals surface area contributed by atoms with E-state index >= 15 is 0 Å². The molecule has 3 N–H and O–H groups in total. The molecule has 2 aromatic carbocycles. The standard InChI is InChI=1S/C30H31FN4O3.C2H6/c31-22-2-4-23(5-3-22)35-27-15-21(17-32)26(33)16-25(27)29(30(35)19-7-11-36-12-8-19)20-1-6-28(34-18-20)38-24-9-13-37-14-10-24;1-2/h1-6,15-19,24,32H,7-14,33H2;1-2H3. The van der Waals surface area contributed by atoms with Crippen LogP contribution in [0.3, 0.4) is 0 Å². The number of nitrogens with zero attached hydrogens (tertiary/aromatic N) is 2. The molecule has 6 rings (SSSR count). The van der Waals surface area contributed by atoms with E-state index in [1.165, 1.54) is 18.3 Å². The minimum atomic E-state index is -0.285. The Morgan fingerprint density at radius 2 is 1.65 bits per heavy atom. The zero-order valence-corrected chi connectivity index (χ0v) is 23.2. The molecule has 0 radical (unpaired) electrons. The Labute approximate surface area is 234 Å². The first kappa shape index (κ1) is 27.8. The van der Waals surface area contributed by atoms with Gasteiger partial charge in [-0.1, -0.05) is 13.8 Å². The summed E-state index contributed by atoms with van der Waals surface area (Å²) >= 11 is 0. The molecule has 0 amide bonds. The molecular weight excluding hydrogens is 507 g/mol. The van der Waals surface area contributed by atoms with E-state index in [2.05, 4.69) is 15.6 Å². The number of pyridine rings is 1. The molecule has 40 heavy (non-hydrogen) atoms. The van der Waals surface area contributed by atoms with Crippen molar-refractivity contribution in [2.45, 2.75) is 51.6 Å². The van der Waals surface area contributed by atoms with Crippen LogP contribution < -0.4 is 10.5 Å². The number of benzene rings is 2. The minimum Gasteiger partial charge on any atom is -0.474 e. The number of nitrogens with two attached hydrogens (primary N) is 1. The van der Waals surface area contributed by atoms with Gasteiger partial charge in [0.25, 0.3) is 0 Å². The van der Waals surface area contributed by atoms with E-state index in [0.717, 1.165) is 59.1 Å². The molecule has 0 saturated carbocycles. The van der Waals surface area contributed by atoms with Crippen LogP contribution in [0.2, 0.25) is 0 Å². The third-order valence-electron chi connectivity index (χ3n) is 7.54. The third-order valence-corrected chi connectivity index (χ3v) is 7.54. The highest BCUT2D eigenvalue weighted by atomic mass is 19.1. The second-order valence-electron chi connectivity index (χ2n) is 9.92. The van der Waals surface area contributed by atoms with Crippen LogP contribution in [-0.4, -0.2) is 48.3 Å². The molecule has 2 aromatic heterocycles. The van der Waals surface area contributed by atoms with E-state index in [0.29, 0.717) is 43.6 Å². The first-order chi connectivity index (χ1) is 19.6. The zero-order valence-electron chi connectivity index (χ0n) is 23.2. The first-order valence-electron chi connectivity index (χ1n) is 14.1. The van der Waals surface area contributed by atoms with E-state index < -0.39 is 0 Å². The third kappa shape index (κ3) is 5.60. The lowest BCUT2D eigenvalue weighted by Crippen LogP contribution is -2.26. The molecular formula is C32H37FN4O3. The molecule has 7 nitrogen and oxygen atoms in total. The number of halogens is 1. The maximum Gasteiger partial charge on any atom is 0.213 e. The number of rotatable bonds is 6. The summed E-state index contributed by atoms with van der Waals surface area (Å²) in [6.45, 7) is 6.77. The van der Waals surface area contributed by atoms with Crippen LogP contribution >= 0.6 is 0 Å². The predicted molar refractivity (Wildman–Crippen MR) is 157 cm³/mol. The monoisotopic (exact) mass is 544 g/mol. The van der Waals surface area contributed by atoms with Crippen molar-refractivity contribution in [2.24, 2.45) is 0 Å². The number of anilines is 1. The van der Waals surface area contributed by atoms with Crippen molar-refractivity contribution in [3.05, 3.63) is 71.8 Å². The normalized spacial score (nSPS) is 16.4. The van der Waals surface area contributed by atoms with Gasteiger partial charge in [-0.25, -0.2) is 9.37 Å². The number of nitrogens with one attached hydrogen (secondary N) is 1. The number of fused-ring (bicyclic) bond motifs is 1. The number of aromatic nitrogens is 2. The average molecular weight is 545 g/mol. The molecule has 0 aliphatic carbocycles. The van der Waals surface area contributed by atoms with Crippen molar-refractivity contribution in [1.82, 2.24) is 9.55 Å². The van der Waals surface area contributed by atoms with Crippen molar-refractivity contribution < 1.29 is 18.6 Å². The Balaban J connectivity index is 0.00000158. The van der Waals surface area contributed by atoms with E-state index in [4.69, 9.17) is 25.4 Å². The van der Waals surface area contributed by atoms with Gasteiger partial charge in [-0.05, 0) is 55.3 Å². The van der Waals surface area contributed by atoms with Gasteiger partial charge >= 0.3 is 0 Å². The average Bonchev–Trinajstić information content (AvgIpc) is 3.33. The summed E-state index contributed by atoms with van der Waals surface area (Å²) in [7, 11) is 0. The van der Waals surface area contributed by atoms with Gasteiger partial charge in [-0.2, -0.15) is 0 Å². The molecule has 0 unspecified atom stereocenters. The molecule has 2 aliphatic heterocycles. The van der Waals surface area contributed by atoms with Crippen LogP contribution in [0.25, 0.3) is 27.7 Å². The van der Waals surface area contributed by atoms with Gasteiger partial charge in [0, 0.05) is 89.6 Å². The quantitative estimate of drug-likeness (QED) is 0.204. The second kappa shape index (κ2) is 12.6. The summed E-state index contributed by atoms with van der Waals surface area (Å²) in [6.07, 6.45) is 6.70. The van der Waals surface area contributed by atoms with Crippen LogP contribution in [0.4, 0.5) is 10.1 Å². The van der Waals surface area contributed by atoms with E-state index in [-0.39, 0.29) is 17.8 Å². The van der Waals surface area contributed by atoms with Crippen molar-refractivity contribution in [3.8, 4) is 22.7 Å². The predicted octanol–water partition coefficient (Wildman–Crippen LogP) is 6.89. The van der Waals surface area contributed by atoms with E-state index in [1.807, 2.05) is 38.2 Å². The number of hydrogen-bond acceptors (Lipinski definition) is 6. The van der Waals surface area contributed by atoms with Crippen LogP contribution in [0.1, 0.15) is 56.7 Å². The van der Waals surface area contributed by atoms with Crippen LogP contribution in [0.5, 0.6) is 5.88 Å². The molecule has 0 bridgehead atoms. The van der Waals surface area contributed by atoms with Crippen molar-refractivity contribution in [2.75, 3.05) is 32.2 Å². The van der Waals surface area contributed by atoms with E-state index in [9.17, 15) is 4.39 Å². The van der Waals surface area contributed by atoms with Crippen molar-refractivity contribution in [1.29, 1.82) is 5.41 Å². The highest BCUT2D eigenvalue weighted by Crippen LogP contribution is 2.44. The summed E-state index contributed by atoms with van der Waals surface area (Å²) in [6, 6.07) is 14.4. The van der Waals surface area contributed by atoms with Crippen molar-refractivity contribution in [3.63, 3.8) is 0 Å². The summed E-state index contributed by atoms with van der Waals surface area (Å²) in [5.41, 5.74) is 12.5. The smallest absolute Gasteiger partial charge is 0.213 e. The SMILES string of the molecule is CC.N=Cc1cc2c(cc1N)c(-c1ccc(OC3CCOCC3)nc1)c(C1CCOCC1)n2-c1ccc(F)cc1. The Kier molecular flexibility index (Phi) is 8.77. The summed E-state index contributed by atoms with van der Waals surface area (Å²) in [4.78, 5) is 4.68. The fraction of sp³-hybridized carbons (Fsp3) is 0.375. The second-order valence-corrected chi connectivity index (χ2v) is 9.92. The highest BCUT2D eigenvalue weighted by molar-refractivity contribution is 6.04. The van der Waals surface area contributed by atoms with Crippen LogP contribution in [0.15, 0.2) is 54.7 Å². The molecule has 2 fully saturated rings. The Bertz CT molecular complexity index is 1440. The molecule has 210 valence electrons. The Hall–Kier alpha value is -3.75. The Morgan fingerprint density at radius 1 is 0.975 bits per heavy atom. The zero-order chi connectivity index (χ0) is 28.1. The van der Waals surface area contributed by atoms with E-state index in [1.54, 1.807) is 12.1 Å². The number of hydrogen-bond donors (Lipinski definition) is 2. The van der Waals surface area contributed by atoms with Gasteiger partial charge in [0.15, 0.2) is 0 Å². The van der Waals surface area contributed by atoms with Gasteiger partial charge in [-0.15, -0.1) is 0 Å². The lowest BCUT2D eigenvalue weighted by Gasteiger charge is -2.26. The topological polar surface area (TPSA) is 95.4 Å². The lowest BCUT2D eigenvalue weighted by atomic mass is 9.90. The van der Waals surface area contributed by atoms with Gasteiger partial charge in [0.1, 0.15) is 11.9 Å². The maximum absolute atomic E-state index is 13.9. The molecule has 2 saturated heterocycles. The maximum atomic E-state index is 13.9. The Morgan fingerprint density at radius 3 is 2.27 bits per heavy atom. The largest absolute Gasteiger partial charge is 0.474 e. The van der Waals surface area contributed by atoms with Crippen LogP contribution in [0, 0.1) is 11.2 Å². The molecule has 8 heteroatoms. The summed E-state index contributed by atoms with van der Waals surface area (Å²) in [5.74, 6) is 0.534. The molecule has 4 aromatic rings. The van der Waals surface area contributed by atoms with Crippen LogP contribution in [-0.2, 0) is 9.47 Å². The molecule has 4 heterocycles. The summed E-state index contributed by atoms with van der Waals surface area (Å²) in [5, 5.41) is 8.87. The fourth-order valence-electron chi connectivity index (χ4n) is 5.60. The molecule has 0 spiro atoms. The minimum absolute atomic E-state index is 0.111. The lowest BCUT2D eigenvalue weighted by molar-refractivity contribution is 0.0237. The van der Waals surface area contributed by atoms with Gasteiger partial charge in [-0.3, -0.25) is 0 Å². The highest BCUT2D eigenvalue weighted by Gasteiger charge is 2.28. The molecule has 0 atom stereocenters. The van der Waals surface area contributed by atoms with Gasteiger partial charge in [0.05, 0.1) is 18.7 Å². The first-order valence-corrected chi connectivity index (χ1v) is 14.1. The number of nitrogen functional groups attached to an aromatic ring is 1. The summed E-state index contributed by atoms with van der Waals surface area (Å²) < 4.78 is 33.4. The fourth-order valence-corrected chi connectivity index (χ4v) is 5.60. The number of ether oxygens (including phenoxy) is 3.